The van der Waals surface area contributed by atoms with Crippen LogP contribution in [0.25, 0.3) is 0 Å². The van der Waals surface area contributed by atoms with Crippen molar-refractivity contribution in [3.05, 3.63) is 51.8 Å². The monoisotopic (exact) mass is 470 g/mol. The van der Waals surface area contributed by atoms with Crippen molar-refractivity contribution in [3.63, 3.8) is 0 Å². The first kappa shape index (κ1) is 24.6. The molecule has 0 aliphatic carbocycles. The number of likely N-dealkylation sites (N-methyl/N-ethyl adjacent to an activating group) is 1. The number of nitrogens with one attached hydrogen (secondary N) is 1. The zero-order chi connectivity index (χ0) is 23.3. The van der Waals surface area contributed by atoms with E-state index in [0.717, 1.165) is 4.31 Å². The number of ketones is 1. The molecular weight excluding hydrogens is 448 g/mol. The number of benzene rings is 1. The van der Waals surface area contributed by atoms with E-state index in [-0.39, 0.29) is 22.8 Å². The summed E-state index contributed by atoms with van der Waals surface area (Å²) in [4.78, 5) is 39.4. The van der Waals surface area contributed by atoms with Crippen molar-refractivity contribution in [2.75, 3.05) is 26.8 Å². The Morgan fingerprint density at radius 1 is 1.10 bits per heavy atom. The number of hydrogen-bond acceptors (Lipinski definition) is 7. The molecule has 1 N–H and O–H groups in total. The number of carbonyl (C=O) groups is 3. The summed E-state index contributed by atoms with van der Waals surface area (Å²) in [5.41, 5.74) is 1.20. The molecule has 1 heterocycles. The number of H-pyrrole nitrogens is 1. The van der Waals surface area contributed by atoms with Crippen molar-refractivity contribution < 1.29 is 32.3 Å². The summed E-state index contributed by atoms with van der Waals surface area (Å²) in [6.07, 6.45) is 0. The molecule has 0 aliphatic heterocycles. The number of aromatic amines is 1. The number of halogens is 1. The maximum absolute atomic E-state index is 12.5. The van der Waals surface area contributed by atoms with Crippen LogP contribution in [0, 0.1) is 13.8 Å². The highest BCUT2D eigenvalue weighted by Crippen LogP contribution is 2.20. The molecule has 31 heavy (non-hydrogen) atoms. The fourth-order valence-electron chi connectivity index (χ4n) is 2.89. The molecule has 0 saturated carbocycles. The second-order valence-electron chi connectivity index (χ2n) is 6.64. The first-order valence-corrected chi connectivity index (χ1v) is 11.1. The average molecular weight is 471 g/mol. The number of aryl methyl sites for hydroxylation is 1. The SMILES string of the molecule is CCOC(=O)c1[nH]c(C)c(C(=O)COC(=O)CN(C)S(=O)(=O)c2ccc(Cl)cc2)c1C. The summed E-state index contributed by atoms with van der Waals surface area (Å²) < 4.78 is 35.7. The van der Waals surface area contributed by atoms with Gasteiger partial charge in [0.05, 0.1) is 11.5 Å². The van der Waals surface area contributed by atoms with E-state index in [0.29, 0.717) is 16.3 Å². The highest BCUT2D eigenvalue weighted by molar-refractivity contribution is 7.89. The van der Waals surface area contributed by atoms with E-state index in [2.05, 4.69) is 4.98 Å². The van der Waals surface area contributed by atoms with Crippen LogP contribution in [0.15, 0.2) is 29.2 Å². The molecule has 0 bridgehead atoms. The molecule has 168 valence electrons. The van der Waals surface area contributed by atoms with Crippen molar-refractivity contribution in [2.45, 2.75) is 25.7 Å². The molecule has 0 amide bonds. The Balaban J connectivity index is 2.02. The van der Waals surface area contributed by atoms with E-state index >= 15 is 0 Å². The standard InChI is InChI=1S/C20H23ClN2O7S/c1-5-29-20(26)19-12(2)18(13(3)22-19)16(24)11-30-17(25)10-23(4)31(27,28)15-8-6-14(21)7-9-15/h6-9,22H,5,10-11H2,1-4H3. The molecule has 1 aromatic carbocycles. The fraction of sp³-hybridized carbons (Fsp3) is 0.350. The van der Waals surface area contributed by atoms with Crippen LogP contribution in [0.1, 0.15) is 39.0 Å². The first-order valence-electron chi connectivity index (χ1n) is 9.26. The zero-order valence-electron chi connectivity index (χ0n) is 17.5. The predicted octanol–water partition coefficient (Wildman–Crippen LogP) is 2.51. The van der Waals surface area contributed by atoms with E-state index < -0.39 is 40.9 Å². The summed E-state index contributed by atoms with van der Waals surface area (Å²) in [6.45, 7) is 3.85. The van der Waals surface area contributed by atoms with Crippen molar-refractivity contribution >= 4 is 39.3 Å². The lowest BCUT2D eigenvalue weighted by Crippen LogP contribution is -2.33. The molecule has 11 heteroatoms. The third-order valence-corrected chi connectivity index (χ3v) is 6.50. The van der Waals surface area contributed by atoms with Crippen molar-refractivity contribution in [3.8, 4) is 0 Å². The molecule has 0 unspecified atom stereocenters. The minimum absolute atomic E-state index is 0.0339. The van der Waals surface area contributed by atoms with Crippen LogP contribution in [0.3, 0.4) is 0 Å². The van der Waals surface area contributed by atoms with Crippen molar-refractivity contribution in [1.29, 1.82) is 0 Å². The van der Waals surface area contributed by atoms with Gasteiger partial charge in [-0.2, -0.15) is 4.31 Å². The summed E-state index contributed by atoms with van der Waals surface area (Å²) in [5.74, 6) is -2.02. The molecule has 0 radical (unpaired) electrons. The van der Waals surface area contributed by atoms with Gasteiger partial charge in [-0.25, -0.2) is 13.2 Å². The number of nitrogens with zero attached hydrogens (tertiary/aromatic N) is 1. The van der Waals surface area contributed by atoms with Gasteiger partial charge in [0, 0.05) is 23.3 Å². The Morgan fingerprint density at radius 3 is 2.29 bits per heavy atom. The van der Waals surface area contributed by atoms with Crippen LogP contribution in [-0.4, -0.2) is 62.2 Å². The van der Waals surface area contributed by atoms with Gasteiger partial charge in [-0.15, -0.1) is 0 Å². The molecular formula is C20H23ClN2O7S. The van der Waals surface area contributed by atoms with E-state index in [1.54, 1.807) is 20.8 Å². The summed E-state index contributed by atoms with van der Waals surface area (Å²) in [5, 5.41) is 0.376. The van der Waals surface area contributed by atoms with Crippen LogP contribution in [0.2, 0.25) is 5.02 Å². The van der Waals surface area contributed by atoms with Gasteiger partial charge in [-0.3, -0.25) is 9.59 Å². The van der Waals surface area contributed by atoms with E-state index in [1.807, 2.05) is 0 Å². The minimum atomic E-state index is -3.93. The lowest BCUT2D eigenvalue weighted by atomic mass is 10.1. The summed E-state index contributed by atoms with van der Waals surface area (Å²) >= 11 is 5.76. The highest BCUT2D eigenvalue weighted by Gasteiger charge is 2.26. The number of sulfonamides is 1. The minimum Gasteiger partial charge on any atom is -0.461 e. The Hall–Kier alpha value is -2.69. The maximum atomic E-state index is 12.5. The third-order valence-electron chi connectivity index (χ3n) is 4.43. The van der Waals surface area contributed by atoms with Gasteiger partial charge in [0.1, 0.15) is 12.2 Å². The Labute approximate surface area is 185 Å². The fourth-order valence-corrected chi connectivity index (χ4v) is 4.13. The van der Waals surface area contributed by atoms with Crippen LogP contribution >= 0.6 is 11.6 Å². The molecule has 2 aromatic rings. The number of rotatable bonds is 9. The van der Waals surface area contributed by atoms with Crippen LogP contribution in [0.4, 0.5) is 0 Å². The number of esters is 2. The van der Waals surface area contributed by atoms with Crippen LogP contribution in [-0.2, 0) is 24.3 Å². The van der Waals surface area contributed by atoms with Crippen molar-refractivity contribution in [1.82, 2.24) is 9.29 Å². The van der Waals surface area contributed by atoms with Gasteiger partial charge in [0.15, 0.2) is 6.61 Å². The van der Waals surface area contributed by atoms with Gasteiger partial charge in [0.25, 0.3) is 0 Å². The molecule has 0 saturated heterocycles. The van der Waals surface area contributed by atoms with Gasteiger partial charge in [-0.05, 0) is 50.6 Å². The van der Waals surface area contributed by atoms with E-state index in [9.17, 15) is 22.8 Å². The lowest BCUT2D eigenvalue weighted by Gasteiger charge is -2.16. The predicted molar refractivity (Wildman–Crippen MR) is 113 cm³/mol. The number of ether oxygens (including phenoxy) is 2. The first-order chi connectivity index (χ1) is 14.5. The van der Waals surface area contributed by atoms with Gasteiger partial charge in [0.2, 0.25) is 15.8 Å². The number of aromatic nitrogens is 1. The molecule has 2 rings (SSSR count). The number of Topliss-reactive ketones (excluding diaryl/α,β-unsaturated/α-hetero) is 1. The average Bonchev–Trinajstić information content (AvgIpc) is 3.01. The van der Waals surface area contributed by atoms with E-state index in [4.69, 9.17) is 21.1 Å². The highest BCUT2D eigenvalue weighted by atomic mass is 35.5. The molecule has 1 aromatic heterocycles. The maximum Gasteiger partial charge on any atom is 0.355 e. The Kier molecular flexibility index (Phi) is 7.99. The molecule has 9 nitrogen and oxygen atoms in total. The van der Waals surface area contributed by atoms with Gasteiger partial charge >= 0.3 is 11.9 Å². The quantitative estimate of drug-likeness (QED) is 0.441. The number of hydrogen-bond donors (Lipinski definition) is 1. The lowest BCUT2D eigenvalue weighted by molar-refractivity contribution is -0.142. The summed E-state index contributed by atoms with van der Waals surface area (Å²) in [7, 11) is -2.71. The Morgan fingerprint density at radius 2 is 1.71 bits per heavy atom. The van der Waals surface area contributed by atoms with E-state index in [1.165, 1.54) is 31.3 Å². The summed E-state index contributed by atoms with van der Waals surface area (Å²) in [6, 6.07) is 5.49. The van der Waals surface area contributed by atoms with Crippen LogP contribution < -0.4 is 0 Å². The number of carbonyl (C=O) groups excluding carboxylic acids is 3. The zero-order valence-corrected chi connectivity index (χ0v) is 19.1. The molecule has 0 aliphatic rings. The molecule has 0 spiro atoms. The second-order valence-corrected chi connectivity index (χ2v) is 9.13. The molecule has 0 fully saturated rings. The van der Waals surface area contributed by atoms with Gasteiger partial charge < -0.3 is 14.5 Å². The topological polar surface area (TPSA) is 123 Å². The second kappa shape index (κ2) is 10.1. The van der Waals surface area contributed by atoms with Crippen LogP contribution in [0.5, 0.6) is 0 Å². The normalized spacial score (nSPS) is 11.4. The van der Waals surface area contributed by atoms with Crippen molar-refractivity contribution in [2.24, 2.45) is 0 Å². The van der Waals surface area contributed by atoms with Gasteiger partial charge in [-0.1, -0.05) is 11.6 Å². The molecule has 0 atom stereocenters. The largest absolute Gasteiger partial charge is 0.461 e. The Bertz CT molecular complexity index is 1090. The third kappa shape index (κ3) is 5.72. The smallest absolute Gasteiger partial charge is 0.355 e.